The molecule has 1 aliphatic rings. The van der Waals surface area contributed by atoms with Crippen LogP contribution in [-0.2, 0) is 6.61 Å². The largest absolute Gasteiger partial charge is 0.497 e. The number of rotatable bonds is 7. The van der Waals surface area contributed by atoms with E-state index >= 15 is 0 Å². The van der Waals surface area contributed by atoms with Gasteiger partial charge in [0.1, 0.15) is 23.9 Å². The Balaban J connectivity index is 1.50. The molecule has 1 amide bonds. The second kappa shape index (κ2) is 9.17. The molecule has 6 nitrogen and oxygen atoms in total. The Labute approximate surface area is 180 Å². The molecular weight excluding hydrogens is 400 g/mol. The zero-order valence-corrected chi connectivity index (χ0v) is 17.9. The van der Waals surface area contributed by atoms with Crippen molar-refractivity contribution in [2.24, 2.45) is 0 Å². The third-order valence-corrected chi connectivity index (χ3v) is 5.92. The Morgan fingerprint density at radius 1 is 1.13 bits per heavy atom. The quantitative estimate of drug-likeness (QED) is 0.549. The van der Waals surface area contributed by atoms with Gasteiger partial charge in [0.2, 0.25) is 0 Å². The highest BCUT2D eigenvalue weighted by Gasteiger charge is 2.32. The number of aromatic nitrogens is 1. The molecule has 0 saturated carbocycles. The number of carbonyl (C=O) groups excluding carboxylic acids is 1. The molecule has 7 heteroatoms. The highest BCUT2D eigenvalue weighted by Crippen LogP contribution is 2.39. The van der Waals surface area contributed by atoms with E-state index in [1.54, 1.807) is 31.1 Å². The van der Waals surface area contributed by atoms with Crippen molar-refractivity contribution >= 4 is 17.2 Å². The summed E-state index contributed by atoms with van der Waals surface area (Å²) in [5.74, 6) is 2.25. The van der Waals surface area contributed by atoms with Crippen molar-refractivity contribution in [3.05, 3.63) is 70.2 Å². The van der Waals surface area contributed by atoms with Crippen molar-refractivity contribution in [1.82, 2.24) is 9.88 Å². The zero-order valence-electron chi connectivity index (χ0n) is 17.0. The van der Waals surface area contributed by atoms with Crippen molar-refractivity contribution in [3.63, 3.8) is 0 Å². The third kappa shape index (κ3) is 4.26. The van der Waals surface area contributed by atoms with Gasteiger partial charge >= 0.3 is 0 Å². The molecule has 0 N–H and O–H groups in total. The van der Waals surface area contributed by atoms with Gasteiger partial charge in [-0.1, -0.05) is 0 Å². The molecule has 3 aromatic rings. The van der Waals surface area contributed by atoms with E-state index in [4.69, 9.17) is 14.2 Å². The normalized spacial score (nSPS) is 15.8. The number of benzene rings is 2. The van der Waals surface area contributed by atoms with Crippen molar-refractivity contribution in [2.45, 2.75) is 25.5 Å². The topological polar surface area (TPSA) is 60.9 Å². The standard InChI is InChI=1S/C23H24N2O4S/c1-27-19-9-10-22(28-2)20(12-19)21-4-3-11-25(21)23(26)16-5-7-18(8-6-16)29-13-17-14-30-15-24-17/h5-10,12,14-15,21H,3-4,11,13H2,1-2H3. The summed E-state index contributed by atoms with van der Waals surface area (Å²) in [6.07, 6.45) is 1.84. The molecule has 4 rings (SSSR count). The maximum atomic E-state index is 13.2. The van der Waals surface area contributed by atoms with Gasteiger partial charge < -0.3 is 19.1 Å². The number of hydrogen-bond donors (Lipinski definition) is 0. The van der Waals surface area contributed by atoms with Crippen LogP contribution in [0.4, 0.5) is 0 Å². The molecule has 2 aromatic carbocycles. The van der Waals surface area contributed by atoms with Crippen LogP contribution in [0.5, 0.6) is 17.2 Å². The Morgan fingerprint density at radius 2 is 1.93 bits per heavy atom. The minimum absolute atomic E-state index is 0.00780. The fourth-order valence-electron chi connectivity index (χ4n) is 3.76. The zero-order chi connectivity index (χ0) is 20.9. The van der Waals surface area contributed by atoms with E-state index in [9.17, 15) is 4.79 Å². The Bertz CT molecular complexity index is 989. The Hall–Kier alpha value is -3.06. The van der Waals surface area contributed by atoms with Gasteiger partial charge in [-0.2, -0.15) is 0 Å². The molecule has 1 aliphatic heterocycles. The fraction of sp³-hybridized carbons (Fsp3) is 0.304. The number of amides is 1. The van der Waals surface area contributed by atoms with E-state index in [1.165, 1.54) is 0 Å². The highest BCUT2D eigenvalue weighted by atomic mass is 32.1. The summed E-state index contributed by atoms with van der Waals surface area (Å²) in [7, 11) is 3.29. The number of hydrogen-bond acceptors (Lipinski definition) is 6. The first-order valence-electron chi connectivity index (χ1n) is 9.82. The van der Waals surface area contributed by atoms with Crippen LogP contribution < -0.4 is 14.2 Å². The second-order valence-corrected chi connectivity index (χ2v) is 7.78. The first kappa shape index (κ1) is 20.2. The summed E-state index contributed by atoms with van der Waals surface area (Å²) in [5, 5.41) is 1.96. The lowest BCUT2D eigenvalue weighted by Gasteiger charge is -2.27. The van der Waals surface area contributed by atoms with Crippen LogP contribution >= 0.6 is 11.3 Å². The van der Waals surface area contributed by atoms with E-state index in [-0.39, 0.29) is 11.9 Å². The van der Waals surface area contributed by atoms with Gasteiger partial charge in [-0.25, -0.2) is 4.98 Å². The number of likely N-dealkylation sites (tertiary alicyclic amines) is 1. The van der Waals surface area contributed by atoms with E-state index in [0.717, 1.165) is 35.6 Å². The lowest BCUT2D eigenvalue weighted by molar-refractivity contribution is 0.0734. The van der Waals surface area contributed by atoms with Crippen LogP contribution in [0.15, 0.2) is 53.4 Å². The van der Waals surface area contributed by atoms with Crippen LogP contribution in [-0.4, -0.2) is 36.6 Å². The van der Waals surface area contributed by atoms with Gasteiger partial charge in [0, 0.05) is 23.1 Å². The van der Waals surface area contributed by atoms with Crippen LogP contribution in [0, 0.1) is 0 Å². The summed E-state index contributed by atoms with van der Waals surface area (Å²) >= 11 is 1.54. The van der Waals surface area contributed by atoms with Crippen molar-refractivity contribution in [2.75, 3.05) is 20.8 Å². The summed E-state index contributed by atoms with van der Waals surface area (Å²) in [6.45, 7) is 1.13. The SMILES string of the molecule is COc1ccc(OC)c(C2CCCN2C(=O)c2ccc(OCc3cscn3)cc2)c1. The maximum Gasteiger partial charge on any atom is 0.254 e. The second-order valence-electron chi connectivity index (χ2n) is 7.06. The molecule has 1 unspecified atom stereocenters. The average molecular weight is 425 g/mol. The molecule has 1 atom stereocenters. The minimum atomic E-state index is -0.0388. The lowest BCUT2D eigenvalue weighted by atomic mass is 10.0. The number of methoxy groups -OCH3 is 2. The fourth-order valence-corrected chi connectivity index (χ4v) is 4.30. The van der Waals surface area contributed by atoms with Crippen LogP contribution in [0.1, 0.15) is 40.5 Å². The van der Waals surface area contributed by atoms with Crippen LogP contribution in [0.2, 0.25) is 0 Å². The van der Waals surface area contributed by atoms with Gasteiger partial charge in [-0.3, -0.25) is 4.79 Å². The Kier molecular flexibility index (Phi) is 6.18. The first-order chi connectivity index (χ1) is 14.7. The monoisotopic (exact) mass is 424 g/mol. The van der Waals surface area contributed by atoms with Gasteiger partial charge in [0.25, 0.3) is 5.91 Å². The van der Waals surface area contributed by atoms with E-state index in [1.807, 2.05) is 52.7 Å². The smallest absolute Gasteiger partial charge is 0.254 e. The molecular formula is C23H24N2O4S. The molecule has 0 aliphatic carbocycles. The third-order valence-electron chi connectivity index (χ3n) is 5.28. The number of nitrogens with zero attached hydrogens (tertiary/aromatic N) is 2. The van der Waals surface area contributed by atoms with Crippen LogP contribution in [0.25, 0.3) is 0 Å². The first-order valence-corrected chi connectivity index (χ1v) is 10.8. The number of carbonyl (C=O) groups is 1. The summed E-state index contributed by atoms with van der Waals surface area (Å²) < 4.78 is 16.7. The molecule has 1 aromatic heterocycles. The molecule has 0 spiro atoms. The van der Waals surface area contributed by atoms with Gasteiger partial charge in [-0.05, 0) is 55.3 Å². The van der Waals surface area contributed by atoms with Crippen molar-refractivity contribution in [1.29, 1.82) is 0 Å². The number of ether oxygens (including phenoxy) is 3. The van der Waals surface area contributed by atoms with Crippen molar-refractivity contribution in [3.8, 4) is 17.2 Å². The molecule has 2 heterocycles. The van der Waals surface area contributed by atoms with Gasteiger partial charge in [0.15, 0.2) is 0 Å². The van der Waals surface area contributed by atoms with Crippen LogP contribution in [0.3, 0.4) is 0 Å². The molecule has 30 heavy (non-hydrogen) atoms. The molecule has 0 radical (unpaired) electrons. The summed E-state index contributed by atoms with van der Waals surface area (Å²) in [5.41, 5.74) is 4.30. The summed E-state index contributed by atoms with van der Waals surface area (Å²) in [6, 6.07) is 13.0. The van der Waals surface area contributed by atoms with Crippen molar-refractivity contribution < 1.29 is 19.0 Å². The van der Waals surface area contributed by atoms with E-state index in [2.05, 4.69) is 4.98 Å². The predicted octanol–water partition coefficient (Wildman–Crippen LogP) is 4.72. The van der Waals surface area contributed by atoms with Gasteiger partial charge in [0.05, 0.1) is 31.5 Å². The molecule has 1 fully saturated rings. The lowest BCUT2D eigenvalue weighted by Crippen LogP contribution is -2.30. The highest BCUT2D eigenvalue weighted by molar-refractivity contribution is 7.07. The van der Waals surface area contributed by atoms with E-state index < -0.39 is 0 Å². The van der Waals surface area contributed by atoms with E-state index in [0.29, 0.717) is 24.5 Å². The minimum Gasteiger partial charge on any atom is -0.497 e. The number of thiazole rings is 1. The Morgan fingerprint density at radius 3 is 2.63 bits per heavy atom. The maximum absolute atomic E-state index is 13.2. The molecule has 0 bridgehead atoms. The summed E-state index contributed by atoms with van der Waals surface area (Å²) in [4.78, 5) is 19.4. The van der Waals surface area contributed by atoms with Gasteiger partial charge in [-0.15, -0.1) is 11.3 Å². The molecule has 1 saturated heterocycles. The average Bonchev–Trinajstić information content (AvgIpc) is 3.49. The molecule has 156 valence electrons. The predicted molar refractivity (Wildman–Crippen MR) is 115 cm³/mol.